The molecule has 2 aromatic rings. The third kappa shape index (κ3) is 0.888. The molecule has 3 heteroatoms. The maximum Gasteiger partial charge on any atom is 0.150 e. The van der Waals surface area contributed by atoms with Gasteiger partial charge < -0.3 is 4.98 Å². The van der Waals surface area contributed by atoms with Gasteiger partial charge in [-0.1, -0.05) is 0 Å². The molecule has 1 N–H and O–H groups in total. The fraction of sp³-hybridized carbons (Fsp3) is 0.125. The molecule has 2 aromatic heterocycles. The zero-order valence-corrected chi connectivity index (χ0v) is 6.06. The van der Waals surface area contributed by atoms with E-state index >= 15 is 0 Å². The molecule has 0 fully saturated rings. The van der Waals surface area contributed by atoms with Crippen LogP contribution in [0.5, 0.6) is 0 Å². The van der Waals surface area contributed by atoms with Crippen molar-refractivity contribution >= 4 is 10.9 Å². The number of aromatic nitrogens is 2. The lowest BCUT2D eigenvalue weighted by Gasteiger charge is -1.90. The van der Waals surface area contributed by atoms with E-state index in [1.54, 1.807) is 0 Å². The molecule has 0 saturated carbocycles. The Morgan fingerprint density at radius 1 is 1.55 bits per heavy atom. The number of aryl methyl sites for hydroxylation is 1. The van der Waals surface area contributed by atoms with Crippen LogP contribution in [0.2, 0.25) is 0 Å². The van der Waals surface area contributed by atoms with Gasteiger partial charge in [0.1, 0.15) is 5.82 Å². The number of nitrogens with zero attached hydrogens (tertiary/aromatic N) is 1. The molecule has 0 saturated heterocycles. The maximum atomic E-state index is 12.8. The van der Waals surface area contributed by atoms with E-state index in [0.717, 1.165) is 11.2 Å². The van der Waals surface area contributed by atoms with Gasteiger partial charge in [0, 0.05) is 18.1 Å². The van der Waals surface area contributed by atoms with Crippen LogP contribution in [-0.4, -0.2) is 9.97 Å². The first kappa shape index (κ1) is 6.34. The molecule has 0 aliphatic heterocycles. The van der Waals surface area contributed by atoms with Crippen molar-refractivity contribution < 1.29 is 4.39 Å². The minimum atomic E-state index is -0.243. The van der Waals surface area contributed by atoms with Gasteiger partial charge in [0.2, 0.25) is 0 Å². The zero-order valence-electron chi connectivity index (χ0n) is 6.06. The first-order valence-corrected chi connectivity index (χ1v) is 3.36. The highest BCUT2D eigenvalue weighted by molar-refractivity contribution is 5.79. The lowest BCUT2D eigenvalue weighted by molar-refractivity contribution is 0.639. The first-order valence-electron chi connectivity index (χ1n) is 3.36. The van der Waals surface area contributed by atoms with Crippen molar-refractivity contribution in [1.29, 1.82) is 0 Å². The van der Waals surface area contributed by atoms with E-state index in [1.807, 2.05) is 13.0 Å². The van der Waals surface area contributed by atoms with Gasteiger partial charge in [-0.05, 0) is 13.0 Å². The molecule has 2 nitrogen and oxygen atoms in total. The Morgan fingerprint density at radius 3 is 3.18 bits per heavy atom. The van der Waals surface area contributed by atoms with E-state index in [-0.39, 0.29) is 5.82 Å². The molecule has 0 amide bonds. The van der Waals surface area contributed by atoms with Crippen molar-refractivity contribution in [2.24, 2.45) is 0 Å². The van der Waals surface area contributed by atoms with Gasteiger partial charge in [-0.3, -0.25) is 4.98 Å². The summed E-state index contributed by atoms with van der Waals surface area (Å²) in [6.45, 7) is 1.87. The number of pyridine rings is 1. The molecule has 0 spiro atoms. The summed E-state index contributed by atoms with van der Waals surface area (Å²) in [6, 6.07) is 1.82. The summed E-state index contributed by atoms with van der Waals surface area (Å²) in [5, 5.41) is 0.551. The summed E-state index contributed by atoms with van der Waals surface area (Å²) in [5.41, 5.74) is 1.69. The largest absolute Gasteiger partial charge is 0.358 e. The molecular formula is C8H7FN2. The number of rotatable bonds is 0. The highest BCUT2D eigenvalue weighted by Gasteiger charge is 2.01. The number of hydrogen-bond acceptors (Lipinski definition) is 1. The maximum absolute atomic E-state index is 12.8. The lowest BCUT2D eigenvalue weighted by atomic mass is 10.3. The molecule has 0 bridgehead atoms. The number of nitrogens with one attached hydrogen (secondary N) is 1. The van der Waals surface area contributed by atoms with E-state index in [2.05, 4.69) is 9.97 Å². The Hall–Kier alpha value is -1.38. The molecule has 0 aliphatic rings. The molecule has 0 aliphatic carbocycles. The van der Waals surface area contributed by atoms with Crippen molar-refractivity contribution in [2.45, 2.75) is 6.92 Å². The van der Waals surface area contributed by atoms with Crippen molar-refractivity contribution in [3.05, 3.63) is 30.0 Å². The second-order valence-corrected chi connectivity index (χ2v) is 2.51. The Labute approximate surface area is 63.1 Å². The Bertz CT molecular complexity index is 392. The number of halogens is 1. The van der Waals surface area contributed by atoms with Gasteiger partial charge in [0.15, 0.2) is 0 Å². The number of H-pyrrole nitrogens is 1. The normalized spacial score (nSPS) is 10.7. The Kier molecular flexibility index (Phi) is 1.18. The zero-order chi connectivity index (χ0) is 7.84. The highest BCUT2D eigenvalue weighted by Crippen LogP contribution is 2.15. The van der Waals surface area contributed by atoms with Gasteiger partial charge in [-0.2, -0.15) is 0 Å². The monoisotopic (exact) mass is 150 g/mol. The van der Waals surface area contributed by atoms with Crippen molar-refractivity contribution in [2.75, 3.05) is 0 Å². The van der Waals surface area contributed by atoms with E-state index in [0.29, 0.717) is 5.39 Å². The SMILES string of the molecule is Cc1cc2[nH]cc(F)c2cn1. The fourth-order valence-electron chi connectivity index (χ4n) is 1.09. The number of aromatic amines is 1. The van der Waals surface area contributed by atoms with Crippen LogP contribution in [0.1, 0.15) is 5.69 Å². The number of hydrogen-bond donors (Lipinski definition) is 1. The van der Waals surface area contributed by atoms with Crippen LogP contribution >= 0.6 is 0 Å². The van der Waals surface area contributed by atoms with Crippen LogP contribution in [0.3, 0.4) is 0 Å². The molecule has 56 valence electrons. The Morgan fingerprint density at radius 2 is 2.36 bits per heavy atom. The first-order chi connectivity index (χ1) is 5.27. The average molecular weight is 150 g/mol. The van der Waals surface area contributed by atoms with Gasteiger partial charge in [0.05, 0.1) is 10.9 Å². The summed E-state index contributed by atoms with van der Waals surface area (Å²) in [7, 11) is 0. The second kappa shape index (κ2) is 2.05. The minimum Gasteiger partial charge on any atom is -0.358 e. The summed E-state index contributed by atoms with van der Waals surface area (Å²) >= 11 is 0. The van der Waals surface area contributed by atoms with Crippen LogP contribution in [-0.2, 0) is 0 Å². The molecule has 0 unspecified atom stereocenters. The smallest absolute Gasteiger partial charge is 0.150 e. The summed E-state index contributed by atoms with van der Waals surface area (Å²) in [4.78, 5) is 6.79. The fourth-order valence-corrected chi connectivity index (χ4v) is 1.09. The predicted molar refractivity (Wildman–Crippen MR) is 40.8 cm³/mol. The summed E-state index contributed by atoms with van der Waals surface area (Å²) < 4.78 is 12.8. The van der Waals surface area contributed by atoms with Gasteiger partial charge in [-0.15, -0.1) is 0 Å². The van der Waals surface area contributed by atoms with E-state index < -0.39 is 0 Å². The van der Waals surface area contributed by atoms with Crippen LogP contribution in [0, 0.1) is 12.7 Å². The summed E-state index contributed by atoms with van der Waals surface area (Å²) in [6.07, 6.45) is 2.88. The molecule has 11 heavy (non-hydrogen) atoms. The highest BCUT2D eigenvalue weighted by atomic mass is 19.1. The third-order valence-electron chi connectivity index (χ3n) is 1.65. The molecule has 0 atom stereocenters. The second-order valence-electron chi connectivity index (χ2n) is 2.51. The van der Waals surface area contributed by atoms with Crippen LogP contribution < -0.4 is 0 Å². The third-order valence-corrected chi connectivity index (χ3v) is 1.65. The average Bonchev–Trinajstić information content (AvgIpc) is 2.32. The van der Waals surface area contributed by atoms with Crippen LogP contribution in [0.15, 0.2) is 18.5 Å². The molecular weight excluding hydrogens is 143 g/mol. The van der Waals surface area contributed by atoms with Crippen molar-refractivity contribution in [3.63, 3.8) is 0 Å². The summed E-state index contributed by atoms with van der Waals surface area (Å²) in [5.74, 6) is -0.243. The molecule has 2 rings (SSSR count). The van der Waals surface area contributed by atoms with Crippen molar-refractivity contribution in [3.8, 4) is 0 Å². The van der Waals surface area contributed by atoms with Gasteiger partial charge >= 0.3 is 0 Å². The number of fused-ring (bicyclic) bond motifs is 1. The minimum absolute atomic E-state index is 0.243. The van der Waals surface area contributed by atoms with Crippen LogP contribution in [0.25, 0.3) is 10.9 Å². The Balaban J connectivity index is 2.86. The lowest BCUT2D eigenvalue weighted by Crippen LogP contribution is -1.79. The van der Waals surface area contributed by atoms with Crippen molar-refractivity contribution in [1.82, 2.24) is 9.97 Å². The van der Waals surface area contributed by atoms with Gasteiger partial charge in [-0.25, -0.2) is 4.39 Å². The van der Waals surface area contributed by atoms with Gasteiger partial charge in [0.25, 0.3) is 0 Å². The van der Waals surface area contributed by atoms with Crippen LogP contribution in [0.4, 0.5) is 4.39 Å². The van der Waals surface area contributed by atoms with E-state index in [9.17, 15) is 4.39 Å². The molecule has 0 aromatic carbocycles. The quantitative estimate of drug-likeness (QED) is 0.611. The molecule has 0 radical (unpaired) electrons. The van der Waals surface area contributed by atoms with E-state index in [1.165, 1.54) is 12.4 Å². The molecule has 2 heterocycles. The van der Waals surface area contributed by atoms with E-state index in [4.69, 9.17) is 0 Å². The topological polar surface area (TPSA) is 28.7 Å². The standard InChI is InChI=1S/C8H7FN2/c1-5-2-8-6(3-10-5)7(9)4-11-8/h2-4,11H,1H3. The predicted octanol–water partition coefficient (Wildman–Crippen LogP) is 2.01.